The molecule has 0 radical (unpaired) electrons. The van der Waals surface area contributed by atoms with Crippen LogP contribution in [-0.2, 0) is 9.53 Å². The van der Waals surface area contributed by atoms with Gasteiger partial charge in [0.1, 0.15) is 34.8 Å². The summed E-state index contributed by atoms with van der Waals surface area (Å²) in [5.74, 6) is 1.43. The zero-order valence-electron chi connectivity index (χ0n) is 20.8. The minimum Gasteiger partial charge on any atom is -0.511 e. The number of nitrogens with zero attached hydrogens (tertiary/aromatic N) is 3. The molecule has 4 aliphatic rings. The van der Waals surface area contributed by atoms with E-state index in [-0.39, 0.29) is 29.2 Å². The molecule has 2 fully saturated rings. The molecule has 2 aliphatic heterocycles. The summed E-state index contributed by atoms with van der Waals surface area (Å²) in [6.07, 6.45) is 9.82. The Bertz CT molecular complexity index is 1080. The molecule has 0 aromatic carbocycles. The third-order valence-corrected chi connectivity index (χ3v) is 8.17. The lowest BCUT2D eigenvalue weighted by Crippen LogP contribution is -2.39. The van der Waals surface area contributed by atoms with Gasteiger partial charge in [0.2, 0.25) is 5.88 Å². The highest BCUT2D eigenvalue weighted by Gasteiger charge is 2.47. The molecular weight excluding hydrogens is 444 g/mol. The van der Waals surface area contributed by atoms with Crippen LogP contribution in [0.2, 0.25) is 0 Å². The number of ether oxygens (including phenoxy) is 2. The zero-order chi connectivity index (χ0) is 24.6. The van der Waals surface area contributed by atoms with E-state index in [0.29, 0.717) is 61.2 Å². The minimum absolute atomic E-state index is 0.0622. The lowest BCUT2D eigenvalue weighted by Gasteiger charge is -2.39. The predicted molar refractivity (Wildman–Crippen MR) is 133 cm³/mol. The number of aromatic nitrogens is 2. The lowest BCUT2D eigenvalue weighted by molar-refractivity contribution is -0.131. The maximum Gasteiger partial charge on any atom is 0.217 e. The van der Waals surface area contributed by atoms with Crippen LogP contribution in [0.4, 0.5) is 0 Å². The Kier molecular flexibility index (Phi) is 6.66. The van der Waals surface area contributed by atoms with Crippen molar-refractivity contribution in [3.05, 3.63) is 35.0 Å². The molecule has 3 heterocycles. The first-order valence-electron chi connectivity index (χ1n) is 13.0. The van der Waals surface area contributed by atoms with Crippen LogP contribution >= 0.6 is 0 Å². The fourth-order valence-corrected chi connectivity index (χ4v) is 6.19. The van der Waals surface area contributed by atoms with E-state index in [2.05, 4.69) is 28.8 Å². The summed E-state index contributed by atoms with van der Waals surface area (Å²) < 4.78 is 12.0. The van der Waals surface area contributed by atoms with Crippen molar-refractivity contribution >= 4 is 17.3 Å². The van der Waals surface area contributed by atoms with E-state index in [1.807, 2.05) is 6.08 Å². The van der Waals surface area contributed by atoms with Crippen LogP contribution in [0.25, 0.3) is 5.76 Å². The summed E-state index contributed by atoms with van der Waals surface area (Å²) in [5, 5.41) is 20.3. The van der Waals surface area contributed by atoms with E-state index in [0.717, 1.165) is 45.1 Å². The highest BCUT2D eigenvalue weighted by atomic mass is 16.5. The van der Waals surface area contributed by atoms with Gasteiger partial charge >= 0.3 is 0 Å². The van der Waals surface area contributed by atoms with Crippen LogP contribution in [0.5, 0.6) is 5.88 Å². The molecule has 1 aromatic heterocycles. The summed E-state index contributed by atoms with van der Waals surface area (Å²) in [6, 6.07) is 2.08. The van der Waals surface area contributed by atoms with Crippen LogP contribution < -0.4 is 4.74 Å². The smallest absolute Gasteiger partial charge is 0.217 e. The van der Waals surface area contributed by atoms with E-state index in [1.54, 1.807) is 6.07 Å². The number of ketones is 1. The third kappa shape index (κ3) is 4.48. The number of carbonyl (C=O) groups is 1. The molecular formula is C27H36N4O4. The zero-order valence-corrected chi connectivity index (χ0v) is 20.8. The number of likely N-dealkylation sites (tertiary alicyclic amines) is 1. The molecule has 35 heavy (non-hydrogen) atoms. The van der Waals surface area contributed by atoms with Gasteiger partial charge in [-0.05, 0) is 71.5 Å². The van der Waals surface area contributed by atoms with Gasteiger partial charge < -0.3 is 14.6 Å². The van der Waals surface area contributed by atoms with Crippen molar-refractivity contribution < 1.29 is 19.4 Å². The van der Waals surface area contributed by atoms with E-state index >= 15 is 0 Å². The number of likely N-dealkylation sites (N-methyl/N-ethyl adjacent to an activating group) is 1. The highest BCUT2D eigenvalue weighted by Crippen LogP contribution is 2.48. The number of allylic oxidation sites excluding steroid dienone is 2. The van der Waals surface area contributed by atoms with Gasteiger partial charge in [0.15, 0.2) is 5.82 Å². The Balaban J connectivity index is 1.49. The standard InChI is InChI=1S/C27H36N4O4/c1-17(20-9-6-14-31(20)2)35-23-16-19(21-10-7-15-34-21)29-26(30-23)24(28)18-8-5-13-27(25(18)33)12-4-3-11-22(27)32/h10,16-17,20,28,33H,3-9,11-15H2,1-2H3/t17-,20-,27+/m0/s1. The normalized spacial score (nSPS) is 28.2. The topological polar surface area (TPSA) is 109 Å². The summed E-state index contributed by atoms with van der Waals surface area (Å²) in [4.78, 5) is 24.5. The molecule has 1 saturated heterocycles. The van der Waals surface area contributed by atoms with Gasteiger partial charge in [-0.1, -0.05) is 6.42 Å². The Morgan fingerprint density at radius 3 is 2.80 bits per heavy atom. The first-order chi connectivity index (χ1) is 16.9. The second-order valence-electron chi connectivity index (χ2n) is 10.4. The van der Waals surface area contributed by atoms with Crippen molar-refractivity contribution in [1.82, 2.24) is 14.9 Å². The van der Waals surface area contributed by atoms with Gasteiger partial charge in [0, 0.05) is 30.5 Å². The van der Waals surface area contributed by atoms with Crippen molar-refractivity contribution in [3.63, 3.8) is 0 Å². The van der Waals surface area contributed by atoms with Gasteiger partial charge in [-0.15, -0.1) is 0 Å². The van der Waals surface area contributed by atoms with Gasteiger partial charge in [0.05, 0.1) is 12.0 Å². The predicted octanol–water partition coefficient (Wildman–Crippen LogP) is 4.59. The molecule has 0 unspecified atom stereocenters. The SMILES string of the molecule is C[C@H](Oc1cc(C2=CCCO2)nc(C(=N)C2=C(O)[C@]3(CCCCC3=O)CCC2)n1)[C@@H]1CCCN1C. The lowest BCUT2D eigenvalue weighted by atomic mass is 9.64. The Labute approximate surface area is 206 Å². The Morgan fingerprint density at radius 2 is 2.09 bits per heavy atom. The Morgan fingerprint density at radius 1 is 1.26 bits per heavy atom. The highest BCUT2D eigenvalue weighted by molar-refractivity contribution is 6.09. The van der Waals surface area contributed by atoms with Crippen molar-refractivity contribution in [2.75, 3.05) is 20.2 Å². The molecule has 2 aliphatic carbocycles. The Hall–Kier alpha value is -2.74. The second-order valence-corrected chi connectivity index (χ2v) is 10.4. The quantitative estimate of drug-likeness (QED) is 0.573. The second kappa shape index (κ2) is 9.72. The summed E-state index contributed by atoms with van der Waals surface area (Å²) in [5.41, 5.74) is 0.294. The summed E-state index contributed by atoms with van der Waals surface area (Å²) in [7, 11) is 2.11. The van der Waals surface area contributed by atoms with Gasteiger partial charge in [0.25, 0.3) is 0 Å². The molecule has 1 saturated carbocycles. The largest absolute Gasteiger partial charge is 0.511 e. The average molecular weight is 481 g/mol. The number of Topliss-reactive ketones (excluding diaryl/α,β-unsaturated/α-hetero) is 1. The van der Waals surface area contributed by atoms with Crippen LogP contribution in [-0.4, -0.2) is 63.8 Å². The molecule has 0 amide bonds. The van der Waals surface area contributed by atoms with E-state index in [4.69, 9.17) is 14.9 Å². The van der Waals surface area contributed by atoms with Crippen LogP contribution in [0.1, 0.15) is 82.7 Å². The molecule has 3 atom stereocenters. The summed E-state index contributed by atoms with van der Waals surface area (Å²) >= 11 is 0. The fraction of sp³-hybridized carbons (Fsp3) is 0.630. The van der Waals surface area contributed by atoms with Crippen LogP contribution in [0.3, 0.4) is 0 Å². The van der Waals surface area contributed by atoms with Crippen LogP contribution in [0.15, 0.2) is 23.5 Å². The van der Waals surface area contributed by atoms with Crippen molar-refractivity contribution in [2.45, 2.75) is 83.3 Å². The number of hydrogen-bond acceptors (Lipinski definition) is 8. The van der Waals surface area contributed by atoms with E-state index in [9.17, 15) is 9.90 Å². The molecule has 2 N–H and O–H groups in total. The maximum atomic E-state index is 12.9. The maximum absolute atomic E-state index is 12.9. The average Bonchev–Trinajstić information content (AvgIpc) is 3.54. The molecule has 1 spiro atoms. The van der Waals surface area contributed by atoms with E-state index in [1.165, 1.54) is 0 Å². The number of hydrogen-bond donors (Lipinski definition) is 2. The first kappa shape index (κ1) is 24.0. The minimum atomic E-state index is -0.840. The molecule has 8 heteroatoms. The molecule has 0 bridgehead atoms. The number of aliphatic hydroxyl groups is 1. The molecule has 8 nitrogen and oxygen atoms in total. The molecule has 188 valence electrons. The monoisotopic (exact) mass is 480 g/mol. The van der Waals surface area contributed by atoms with Crippen molar-refractivity contribution in [1.29, 1.82) is 5.41 Å². The molecule has 5 rings (SSSR count). The number of aliphatic hydroxyl groups excluding tert-OH is 1. The number of rotatable bonds is 6. The van der Waals surface area contributed by atoms with Crippen molar-refractivity contribution in [3.8, 4) is 5.88 Å². The first-order valence-corrected chi connectivity index (χ1v) is 13.0. The van der Waals surface area contributed by atoms with Crippen LogP contribution in [0, 0.1) is 10.8 Å². The number of nitrogens with one attached hydrogen (secondary N) is 1. The molecule has 1 aromatic rings. The fourth-order valence-electron chi connectivity index (χ4n) is 6.19. The third-order valence-electron chi connectivity index (χ3n) is 8.17. The van der Waals surface area contributed by atoms with Gasteiger partial charge in [-0.25, -0.2) is 4.98 Å². The van der Waals surface area contributed by atoms with Gasteiger partial charge in [-0.2, -0.15) is 4.98 Å². The number of carbonyl (C=O) groups excluding carboxylic acids is 1. The summed E-state index contributed by atoms with van der Waals surface area (Å²) in [6.45, 7) is 3.71. The van der Waals surface area contributed by atoms with Gasteiger partial charge in [-0.3, -0.25) is 15.1 Å². The van der Waals surface area contributed by atoms with Crippen molar-refractivity contribution in [2.24, 2.45) is 5.41 Å². The van der Waals surface area contributed by atoms with E-state index < -0.39 is 5.41 Å².